The molecule has 0 aliphatic rings. The van der Waals surface area contributed by atoms with E-state index in [1.54, 1.807) is 0 Å². The van der Waals surface area contributed by atoms with Gasteiger partial charge in [-0.3, -0.25) is 20.4 Å². The quantitative estimate of drug-likeness (QED) is 0.229. The monoisotopic (exact) mass is 368 g/mol. The van der Waals surface area contributed by atoms with Crippen molar-refractivity contribution in [2.45, 2.75) is 0 Å². The summed E-state index contributed by atoms with van der Waals surface area (Å²) < 4.78 is 11.3. The smallest absolute Gasteiger partial charge is 0.269 e. The van der Waals surface area contributed by atoms with E-state index in [0.717, 1.165) is 0 Å². The molecule has 26 heavy (non-hydrogen) atoms. The highest BCUT2D eigenvalue weighted by atomic mass is 16.5. The first-order valence-corrected chi connectivity index (χ1v) is 8.05. The highest BCUT2D eigenvalue weighted by molar-refractivity contribution is 6.02. The van der Waals surface area contributed by atoms with E-state index in [9.17, 15) is 9.59 Å². The van der Waals surface area contributed by atoms with Crippen molar-refractivity contribution in [3.8, 4) is 11.5 Å². The van der Waals surface area contributed by atoms with Gasteiger partial charge in [-0.2, -0.15) is 0 Å². The zero-order valence-electron chi connectivity index (χ0n) is 15.7. The van der Waals surface area contributed by atoms with Crippen LogP contribution in [0.4, 0.5) is 0 Å². The Labute approximate surface area is 153 Å². The Kier molecular flexibility index (Phi) is 8.79. The molecule has 1 rings (SSSR count). The minimum atomic E-state index is -0.554. The lowest BCUT2D eigenvalue weighted by Crippen LogP contribution is -2.32. The number of hydrogen-bond acceptors (Lipinski definition) is 8. The summed E-state index contributed by atoms with van der Waals surface area (Å²) in [5.41, 5.74) is 4.47. The molecule has 0 radical (unpaired) electrons. The average molecular weight is 368 g/mol. The van der Waals surface area contributed by atoms with Crippen molar-refractivity contribution in [3.05, 3.63) is 23.3 Å². The molecule has 0 aliphatic heterocycles. The zero-order valence-corrected chi connectivity index (χ0v) is 15.7. The lowest BCUT2D eigenvalue weighted by atomic mass is 10.1. The number of nitrogen functional groups attached to an aromatic ring is 2. The summed E-state index contributed by atoms with van der Waals surface area (Å²) in [6.07, 6.45) is 0. The molecule has 0 atom stereocenters. The van der Waals surface area contributed by atoms with Crippen molar-refractivity contribution >= 4 is 11.8 Å². The van der Waals surface area contributed by atoms with Gasteiger partial charge in [0.2, 0.25) is 0 Å². The number of hydrazine groups is 2. The fourth-order valence-electron chi connectivity index (χ4n) is 1.99. The molecule has 0 bridgehead atoms. The molecular weight excluding hydrogens is 340 g/mol. The molecule has 0 heterocycles. The van der Waals surface area contributed by atoms with Crippen LogP contribution in [0.1, 0.15) is 20.7 Å². The topological polar surface area (TPSA) is 135 Å². The van der Waals surface area contributed by atoms with E-state index in [1.165, 1.54) is 12.1 Å². The minimum Gasteiger partial charge on any atom is -0.491 e. The maximum absolute atomic E-state index is 12.1. The zero-order chi connectivity index (χ0) is 19.7. The van der Waals surface area contributed by atoms with Crippen LogP contribution in [-0.4, -0.2) is 76.1 Å². The first kappa shape index (κ1) is 21.6. The van der Waals surface area contributed by atoms with Gasteiger partial charge in [-0.15, -0.1) is 0 Å². The lowest BCUT2D eigenvalue weighted by molar-refractivity contribution is 0.0933. The molecule has 2 amide bonds. The molecule has 0 saturated heterocycles. The number of rotatable bonds is 10. The second-order valence-electron chi connectivity index (χ2n) is 6.09. The maximum atomic E-state index is 12.1. The standard InChI is InChI=1S/C16H28N6O4/c1-21(2)5-7-25-13-9-12(16(24)20-18)14(26-8-6-22(3)4)10-11(13)15(23)19-17/h9-10H,5-8,17-18H2,1-4H3,(H,19,23)(H,20,24). The Morgan fingerprint density at radius 3 is 1.46 bits per heavy atom. The second-order valence-corrected chi connectivity index (χ2v) is 6.09. The molecule has 0 unspecified atom stereocenters. The summed E-state index contributed by atoms with van der Waals surface area (Å²) >= 11 is 0. The van der Waals surface area contributed by atoms with E-state index < -0.39 is 11.8 Å². The molecule has 10 heteroatoms. The Morgan fingerprint density at radius 2 is 1.19 bits per heavy atom. The minimum absolute atomic E-state index is 0.166. The molecule has 1 aromatic rings. The van der Waals surface area contributed by atoms with Crippen LogP contribution in [-0.2, 0) is 0 Å². The van der Waals surface area contributed by atoms with Crippen LogP contribution in [0.2, 0.25) is 0 Å². The van der Waals surface area contributed by atoms with Crippen LogP contribution in [0.15, 0.2) is 12.1 Å². The molecule has 10 nitrogen and oxygen atoms in total. The SMILES string of the molecule is CN(C)CCOc1cc(C(=O)NN)c(OCCN(C)C)cc1C(=O)NN. The van der Waals surface area contributed by atoms with Crippen molar-refractivity contribution in [2.24, 2.45) is 11.7 Å². The number of likely N-dealkylation sites (N-methyl/N-ethyl adjacent to an activating group) is 2. The number of nitrogens with two attached hydrogens (primary N) is 2. The van der Waals surface area contributed by atoms with Gasteiger partial charge in [0.05, 0.1) is 11.1 Å². The summed E-state index contributed by atoms with van der Waals surface area (Å²) in [6.45, 7) is 1.90. The number of ether oxygens (including phenoxy) is 2. The third kappa shape index (κ3) is 6.48. The second kappa shape index (κ2) is 10.6. The van der Waals surface area contributed by atoms with Gasteiger partial charge >= 0.3 is 0 Å². The van der Waals surface area contributed by atoms with Gasteiger partial charge in [-0.1, -0.05) is 0 Å². The summed E-state index contributed by atoms with van der Waals surface area (Å²) in [7, 11) is 7.58. The summed E-state index contributed by atoms with van der Waals surface area (Å²) in [4.78, 5) is 28.1. The van der Waals surface area contributed by atoms with Gasteiger partial charge in [0, 0.05) is 13.1 Å². The molecule has 1 aromatic carbocycles. The molecule has 0 aromatic heterocycles. The van der Waals surface area contributed by atoms with Gasteiger partial charge in [-0.05, 0) is 40.3 Å². The molecular formula is C16H28N6O4. The van der Waals surface area contributed by atoms with Gasteiger partial charge in [0.15, 0.2) is 0 Å². The summed E-state index contributed by atoms with van der Waals surface area (Å²) in [5.74, 6) is 9.83. The fourth-order valence-corrected chi connectivity index (χ4v) is 1.99. The van der Waals surface area contributed by atoms with Crippen LogP contribution < -0.4 is 32.0 Å². The number of carbonyl (C=O) groups excluding carboxylic acids is 2. The first-order valence-electron chi connectivity index (χ1n) is 8.05. The summed E-state index contributed by atoms with van der Waals surface area (Å²) in [5, 5.41) is 0. The molecule has 0 aliphatic carbocycles. The van der Waals surface area contributed by atoms with Crippen molar-refractivity contribution in [3.63, 3.8) is 0 Å². The van der Waals surface area contributed by atoms with Gasteiger partial charge in [-0.25, -0.2) is 11.7 Å². The molecule has 0 spiro atoms. The van der Waals surface area contributed by atoms with Crippen LogP contribution in [0.25, 0.3) is 0 Å². The Bertz CT molecular complexity index is 567. The molecule has 0 saturated carbocycles. The number of amides is 2. The highest BCUT2D eigenvalue weighted by Gasteiger charge is 2.21. The van der Waals surface area contributed by atoms with Gasteiger partial charge < -0.3 is 19.3 Å². The average Bonchev–Trinajstić information content (AvgIpc) is 2.60. The number of nitrogens with zero attached hydrogens (tertiary/aromatic N) is 2. The highest BCUT2D eigenvalue weighted by Crippen LogP contribution is 2.29. The molecule has 146 valence electrons. The number of carbonyl (C=O) groups is 2. The van der Waals surface area contributed by atoms with E-state index in [4.69, 9.17) is 21.2 Å². The van der Waals surface area contributed by atoms with Crippen LogP contribution in [0.3, 0.4) is 0 Å². The maximum Gasteiger partial charge on any atom is 0.269 e. The predicted molar refractivity (Wildman–Crippen MR) is 97.8 cm³/mol. The third-order valence-electron chi connectivity index (χ3n) is 3.43. The van der Waals surface area contributed by atoms with E-state index in [1.807, 2.05) is 38.0 Å². The molecule has 0 fully saturated rings. The van der Waals surface area contributed by atoms with Gasteiger partial charge in [0.1, 0.15) is 24.7 Å². The Hall–Kier alpha value is -2.40. The van der Waals surface area contributed by atoms with Crippen LogP contribution >= 0.6 is 0 Å². The summed E-state index contributed by atoms with van der Waals surface area (Å²) in [6, 6.07) is 2.85. The van der Waals surface area contributed by atoms with Crippen LogP contribution in [0.5, 0.6) is 11.5 Å². The normalized spacial score (nSPS) is 10.8. The van der Waals surface area contributed by atoms with Crippen LogP contribution in [0, 0.1) is 0 Å². The number of nitrogens with one attached hydrogen (secondary N) is 2. The predicted octanol–water partition coefficient (Wildman–Crippen LogP) is -1.23. The van der Waals surface area contributed by atoms with Crippen molar-refractivity contribution in [1.82, 2.24) is 20.7 Å². The third-order valence-corrected chi connectivity index (χ3v) is 3.43. The van der Waals surface area contributed by atoms with Crippen molar-refractivity contribution < 1.29 is 19.1 Å². The van der Waals surface area contributed by atoms with E-state index in [0.29, 0.717) is 26.3 Å². The largest absolute Gasteiger partial charge is 0.491 e. The van der Waals surface area contributed by atoms with E-state index in [-0.39, 0.29) is 22.6 Å². The number of hydrogen-bond donors (Lipinski definition) is 4. The Balaban J connectivity index is 3.21. The Morgan fingerprint density at radius 1 is 0.846 bits per heavy atom. The van der Waals surface area contributed by atoms with E-state index >= 15 is 0 Å². The van der Waals surface area contributed by atoms with Gasteiger partial charge in [0.25, 0.3) is 11.8 Å². The fraction of sp³-hybridized carbons (Fsp3) is 0.500. The lowest BCUT2D eigenvalue weighted by Gasteiger charge is -2.18. The first-order chi connectivity index (χ1) is 12.3. The van der Waals surface area contributed by atoms with Crippen molar-refractivity contribution in [2.75, 3.05) is 54.5 Å². The number of benzene rings is 1. The van der Waals surface area contributed by atoms with E-state index in [2.05, 4.69) is 10.9 Å². The van der Waals surface area contributed by atoms with Crippen molar-refractivity contribution in [1.29, 1.82) is 0 Å². The molecule has 6 N–H and O–H groups in total.